The van der Waals surface area contributed by atoms with Gasteiger partial charge >= 0.3 is 6.18 Å². The zero-order valence-electron chi connectivity index (χ0n) is 11.7. The molecule has 1 atom stereocenters. The first-order valence-electron chi connectivity index (χ1n) is 6.33. The second kappa shape index (κ2) is 7.09. The van der Waals surface area contributed by atoms with E-state index in [0.717, 1.165) is 12.1 Å². The summed E-state index contributed by atoms with van der Waals surface area (Å²) in [6.45, 7) is 1.57. The van der Waals surface area contributed by atoms with Crippen LogP contribution in [0.3, 0.4) is 0 Å². The fraction of sp³-hybridized carbons (Fsp3) is 0.462. The van der Waals surface area contributed by atoms with Gasteiger partial charge in [0.05, 0.1) is 22.1 Å². The number of alkyl halides is 3. The van der Waals surface area contributed by atoms with Crippen LogP contribution in [0.15, 0.2) is 23.1 Å². The molecule has 122 valence electrons. The molecule has 0 aliphatic heterocycles. The molecule has 0 heterocycles. The van der Waals surface area contributed by atoms with Crippen molar-refractivity contribution in [3.8, 4) is 6.07 Å². The van der Waals surface area contributed by atoms with Gasteiger partial charge in [0, 0.05) is 13.2 Å². The maximum absolute atomic E-state index is 12.8. The fourth-order valence-electron chi connectivity index (χ4n) is 1.68. The highest BCUT2D eigenvalue weighted by atomic mass is 32.2. The molecule has 1 unspecified atom stereocenters. The molecule has 0 aliphatic rings. The molecular weight excluding hydrogens is 321 g/mol. The van der Waals surface area contributed by atoms with Crippen LogP contribution >= 0.6 is 0 Å². The molecule has 0 aliphatic carbocycles. The maximum Gasteiger partial charge on any atom is 0.417 e. The third kappa shape index (κ3) is 4.69. The fourth-order valence-corrected chi connectivity index (χ4v) is 2.87. The number of hydrogen-bond acceptors (Lipinski definition) is 4. The zero-order chi connectivity index (χ0) is 17.0. The van der Waals surface area contributed by atoms with E-state index >= 15 is 0 Å². The largest absolute Gasteiger partial charge is 0.417 e. The number of sulfonamides is 1. The molecule has 0 radical (unpaired) electrons. The molecule has 9 heteroatoms. The van der Waals surface area contributed by atoms with Crippen molar-refractivity contribution >= 4 is 10.0 Å². The maximum atomic E-state index is 12.8. The van der Waals surface area contributed by atoms with Crippen molar-refractivity contribution in [2.45, 2.75) is 24.4 Å². The van der Waals surface area contributed by atoms with Crippen LogP contribution < -0.4 is 4.72 Å². The lowest BCUT2D eigenvalue weighted by molar-refractivity contribution is -0.137. The Labute approximate surface area is 126 Å². The number of halogens is 3. The van der Waals surface area contributed by atoms with E-state index in [4.69, 9.17) is 10.4 Å². The second-order valence-corrected chi connectivity index (χ2v) is 6.55. The van der Waals surface area contributed by atoms with E-state index in [1.165, 1.54) is 6.07 Å². The van der Waals surface area contributed by atoms with Crippen LogP contribution in [0.4, 0.5) is 13.2 Å². The summed E-state index contributed by atoms with van der Waals surface area (Å²) in [5, 5.41) is 17.4. The minimum atomic E-state index is -4.82. The number of benzene rings is 1. The summed E-state index contributed by atoms with van der Waals surface area (Å²) >= 11 is 0. The predicted octanol–water partition coefficient (Wildman–Crippen LogP) is 1.87. The van der Waals surface area contributed by atoms with E-state index in [0.29, 0.717) is 12.5 Å². The number of nitrogens with zero attached hydrogens (tertiary/aromatic N) is 1. The van der Waals surface area contributed by atoms with Crippen molar-refractivity contribution in [3.05, 3.63) is 29.3 Å². The van der Waals surface area contributed by atoms with Gasteiger partial charge < -0.3 is 5.11 Å². The molecule has 2 N–H and O–H groups in total. The van der Waals surface area contributed by atoms with E-state index in [9.17, 15) is 21.6 Å². The molecule has 0 aromatic heterocycles. The summed E-state index contributed by atoms with van der Waals surface area (Å²) in [5.74, 6) is -0.166. The van der Waals surface area contributed by atoms with Gasteiger partial charge in [0.15, 0.2) is 0 Å². The third-order valence-electron chi connectivity index (χ3n) is 2.97. The molecule has 0 saturated carbocycles. The summed E-state index contributed by atoms with van der Waals surface area (Å²) in [7, 11) is -4.12. The Kier molecular flexibility index (Phi) is 5.93. The monoisotopic (exact) mass is 336 g/mol. The Hall–Kier alpha value is -1.63. The highest BCUT2D eigenvalue weighted by Gasteiger charge is 2.35. The lowest BCUT2D eigenvalue weighted by Gasteiger charge is -2.14. The summed E-state index contributed by atoms with van der Waals surface area (Å²) in [6, 6.07) is 3.61. The third-order valence-corrected chi connectivity index (χ3v) is 4.39. The first-order chi connectivity index (χ1) is 10.1. The second-order valence-electron chi connectivity index (χ2n) is 4.79. The first-order valence-corrected chi connectivity index (χ1v) is 7.82. The van der Waals surface area contributed by atoms with Crippen LogP contribution in [0.1, 0.15) is 24.5 Å². The summed E-state index contributed by atoms with van der Waals surface area (Å²) in [5.41, 5.74) is -1.93. The van der Waals surface area contributed by atoms with Crippen molar-refractivity contribution in [1.29, 1.82) is 5.26 Å². The Bertz CT molecular complexity index is 666. The van der Waals surface area contributed by atoms with Gasteiger partial charge in [0.25, 0.3) is 0 Å². The molecule has 0 spiro atoms. The van der Waals surface area contributed by atoms with Crippen LogP contribution in [0.25, 0.3) is 0 Å². The summed E-state index contributed by atoms with van der Waals surface area (Å²) < 4.78 is 64.7. The minimum absolute atomic E-state index is 0.00968. The van der Waals surface area contributed by atoms with E-state index < -0.39 is 32.2 Å². The topological polar surface area (TPSA) is 90.2 Å². The molecule has 1 aromatic rings. The highest BCUT2D eigenvalue weighted by Crippen LogP contribution is 2.33. The molecule has 0 fully saturated rings. The average Bonchev–Trinajstić information content (AvgIpc) is 2.44. The van der Waals surface area contributed by atoms with Gasteiger partial charge in [-0.05, 0) is 30.5 Å². The molecular formula is C13H15F3N2O3S. The number of nitrogens with one attached hydrogen (secondary N) is 1. The number of aliphatic hydroxyl groups is 1. The SMILES string of the molecule is CC(CCO)CNS(=O)(=O)c1ccc(C#N)c(C(F)(F)F)c1. The van der Waals surface area contributed by atoms with E-state index in [-0.39, 0.29) is 19.1 Å². The van der Waals surface area contributed by atoms with Crippen molar-refractivity contribution in [1.82, 2.24) is 4.72 Å². The normalized spacial score (nSPS) is 13.6. The van der Waals surface area contributed by atoms with Gasteiger partial charge in [-0.3, -0.25) is 0 Å². The molecule has 0 amide bonds. The molecule has 22 heavy (non-hydrogen) atoms. The van der Waals surface area contributed by atoms with Crippen LogP contribution in [0.2, 0.25) is 0 Å². The Morgan fingerprint density at radius 1 is 1.41 bits per heavy atom. The molecule has 0 saturated heterocycles. The molecule has 0 bridgehead atoms. The van der Waals surface area contributed by atoms with Crippen molar-refractivity contribution in [3.63, 3.8) is 0 Å². The standard InChI is InChI=1S/C13H15F3N2O3S/c1-9(4-5-19)8-18-22(20,21)11-3-2-10(7-17)12(6-11)13(14,15)16/h2-3,6,9,18-19H,4-5,8H2,1H3. The Morgan fingerprint density at radius 3 is 2.55 bits per heavy atom. The van der Waals surface area contributed by atoms with Gasteiger partial charge in [0.1, 0.15) is 0 Å². The van der Waals surface area contributed by atoms with Gasteiger partial charge in [-0.25, -0.2) is 13.1 Å². The Morgan fingerprint density at radius 2 is 2.05 bits per heavy atom. The number of rotatable bonds is 6. The van der Waals surface area contributed by atoms with Crippen LogP contribution in [0, 0.1) is 17.2 Å². The number of nitriles is 1. The van der Waals surface area contributed by atoms with Crippen molar-refractivity contribution in [2.75, 3.05) is 13.2 Å². The van der Waals surface area contributed by atoms with Gasteiger partial charge in [-0.1, -0.05) is 6.92 Å². The van der Waals surface area contributed by atoms with Gasteiger partial charge in [-0.2, -0.15) is 18.4 Å². The highest BCUT2D eigenvalue weighted by molar-refractivity contribution is 7.89. The van der Waals surface area contributed by atoms with Gasteiger partial charge in [0.2, 0.25) is 10.0 Å². The predicted molar refractivity (Wildman–Crippen MR) is 72.2 cm³/mol. The molecule has 1 aromatic carbocycles. The quantitative estimate of drug-likeness (QED) is 0.830. The van der Waals surface area contributed by atoms with E-state index in [1.807, 2.05) is 0 Å². The Balaban J connectivity index is 3.09. The number of hydrogen-bond donors (Lipinski definition) is 2. The first kappa shape index (κ1) is 18.4. The molecule has 1 rings (SSSR count). The summed E-state index contributed by atoms with van der Waals surface area (Å²) in [6.07, 6.45) is -4.45. The van der Waals surface area contributed by atoms with E-state index in [1.54, 1.807) is 6.92 Å². The van der Waals surface area contributed by atoms with Crippen LogP contribution in [-0.2, 0) is 16.2 Å². The van der Waals surface area contributed by atoms with Crippen LogP contribution in [0.5, 0.6) is 0 Å². The van der Waals surface area contributed by atoms with Crippen molar-refractivity contribution < 1.29 is 26.7 Å². The minimum Gasteiger partial charge on any atom is -0.396 e. The average molecular weight is 336 g/mol. The lowest BCUT2D eigenvalue weighted by atomic mass is 10.1. The van der Waals surface area contributed by atoms with Crippen molar-refractivity contribution in [2.24, 2.45) is 5.92 Å². The molecule has 5 nitrogen and oxygen atoms in total. The number of aliphatic hydroxyl groups excluding tert-OH is 1. The smallest absolute Gasteiger partial charge is 0.396 e. The van der Waals surface area contributed by atoms with Crippen LogP contribution in [-0.4, -0.2) is 26.7 Å². The lowest BCUT2D eigenvalue weighted by Crippen LogP contribution is -2.29. The van der Waals surface area contributed by atoms with E-state index in [2.05, 4.69) is 4.72 Å². The summed E-state index contributed by atoms with van der Waals surface area (Å²) in [4.78, 5) is -0.560. The zero-order valence-corrected chi connectivity index (χ0v) is 12.5. The van der Waals surface area contributed by atoms with Gasteiger partial charge in [-0.15, -0.1) is 0 Å².